The number of aryl methyl sites for hydroxylation is 1. The molecule has 1 amide bonds. The van der Waals surface area contributed by atoms with Crippen molar-refractivity contribution >= 4 is 11.6 Å². The molecule has 0 radical (unpaired) electrons. The lowest BCUT2D eigenvalue weighted by Gasteiger charge is -2.33. The number of halogens is 3. The van der Waals surface area contributed by atoms with Crippen LogP contribution in [-0.4, -0.2) is 39.9 Å². The zero-order valence-corrected chi connectivity index (χ0v) is 22.3. The fourth-order valence-electron chi connectivity index (χ4n) is 7.08. The maximum absolute atomic E-state index is 14.3. The number of carbonyl (C=O) groups excluding carboxylic acids is 1. The third-order valence-electron chi connectivity index (χ3n) is 9.45. The molecule has 40 heavy (non-hydrogen) atoms. The number of aromatic nitrogens is 3. The maximum Gasteiger partial charge on any atom is 0.416 e. The molecule has 2 aromatic carbocycles. The minimum absolute atomic E-state index is 0.0443. The number of amides is 1. The van der Waals surface area contributed by atoms with Crippen molar-refractivity contribution in [1.82, 2.24) is 20.1 Å². The van der Waals surface area contributed by atoms with Gasteiger partial charge in [-0.2, -0.15) is 13.2 Å². The quantitative estimate of drug-likeness (QED) is 0.445. The summed E-state index contributed by atoms with van der Waals surface area (Å²) in [6.07, 6.45) is 1.80. The molecular formula is C30H32F3N5O2. The molecule has 1 saturated heterocycles. The average Bonchev–Trinajstić information content (AvgIpc) is 3.54. The molecule has 0 bridgehead atoms. The van der Waals surface area contributed by atoms with E-state index in [2.05, 4.69) is 15.5 Å². The molecule has 210 valence electrons. The number of anilines is 1. The second-order valence-electron chi connectivity index (χ2n) is 11.9. The Bertz CT molecular complexity index is 1440. The molecule has 2 aliphatic heterocycles. The molecule has 10 heteroatoms. The molecule has 4 aliphatic rings. The molecule has 0 spiro atoms. The minimum atomic E-state index is -4.55. The van der Waals surface area contributed by atoms with Crippen molar-refractivity contribution in [2.45, 2.75) is 56.9 Å². The van der Waals surface area contributed by atoms with Gasteiger partial charge in [-0.15, -0.1) is 10.2 Å². The van der Waals surface area contributed by atoms with Gasteiger partial charge in [-0.25, -0.2) is 0 Å². The highest BCUT2D eigenvalue weighted by Crippen LogP contribution is 2.47. The first kappa shape index (κ1) is 25.7. The Morgan fingerprint density at radius 3 is 2.52 bits per heavy atom. The summed E-state index contributed by atoms with van der Waals surface area (Å²) in [5, 5.41) is 11.8. The molecule has 3 aromatic rings. The van der Waals surface area contributed by atoms with Gasteiger partial charge >= 0.3 is 6.18 Å². The van der Waals surface area contributed by atoms with E-state index in [4.69, 9.17) is 4.74 Å². The van der Waals surface area contributed by atoms with Gasteiger partial charge in [0.1, 0.15) is 12.2 Å². The number of rotatable bonds is 7. The van der Waals surface area contributed by atoms with Crippen LogP contribution >= 0.6 is 0 Å². The van der Waals surface area contributed by atoms with Crippen LogP contribution in [0.25, 0.3) is 0 Å². The Morgan fingerprint density at radius 2 is 1.90 bits per heavy atom. The predicted octanol–water partition coefficient (Wildman–Crippen LogP) is 5.05. The highest BCUT2D eigenvalue weighted by molar-refractivity contribution is 6.10. The lowest BCUT2D eigenvalue weighted by molar-refractivity contribution is -0.138. The maximum atomic E-state index is 14.3. The number of hydrogen-bond acceptors (Lipinski definition) is 5. The van der Waals surface area contributed by atoms with Crippen molar-refractivity contribution in [2.75, 3.05) is 18.1 Å². The van der Waals surface area contributed by atoms with Crippen LogP contribution in [-0.2, 0) is 31.1 Å². The molecule has 7 nitrogen and oxygen atoms in total. The molecule has 2 saturated carbocycles. The zero-order chi connectivity index (χ0) is 27.6. The second kappa shape index (κ2) is 9.69. The van der Waals surface area contributed by atoms with Gasteiger partial charge in [0.15, 0.2) is 0 Å². The SMILES string of the molecule is Cn1cnnc1[C@@H](c1cccc(N2Cc3c(cc(CNC4C[C@H]5CC[C@H]5C4)cc3C(F)(F)F)C2=O)c1)C1COC1. The Morgan fingerprint density at radius 1 is 1.12 bits per heavy atom. The Labute approximate surface area is 230 Å². The first-order chi connectivity index (χ1) is 19.3. The van der Waals surface area contributed by atoms with Crippen LogP contribution in [0.5, 0.6) is 0 Å². The molecule has 7 rings (SSSR count). The van der Waals surface area contributed by atoms with Crippen molar-refractivity contribution in [3.05, 3.63) is 76.4 Å². The molecule has 1 N–H and O–H groups in total. The fourth-order valence-corrected chi connectivity index (χ4v) is 7.08. The standard InChI is InChI=1S/C30H32F3N5O2/c1-37-16-35-36-28(37)27(21-14-40-15-21)20-3-2-4-23(11-20)38-13-25-24(29(38)39)7-17(8-26(25)30(31,32)33)12-34-22-9-18-5-6-19(18)10-22/h2-4,7-8,11,16,18-19,21-22,27,34H,5-6,9-10,12-15H2,1H3/t18-,19+,22?,27-/m0/s1. The molecule has 3 fully saturated rings. The first-order valence-corrected chi connectivity index (χ1v) is 14.1. The van der Waals surface area contributed by atoms with Crippen LogP contribution in [0.3, 0.4) is 0 Å². The summed E-state index contributed by atoms with van der Waals surface area (Å²) in [7, 11) is 1.88. The van der Waals surface area contributed by atoms with E-state index in [0.29, 0.717) is 37.1 Å². The molecule has 1 aromatic heterocycles. The van der Waals surface area contributed by atoms with E-state index < -0.39 is 17.6 Å². The third kappa shape index (κ3) is 4.41. The van der Waals surface area contributed by atoms with E-state index in [9.17, 15) is 18.0 Å². The van der Waals surface area contributed by atoms with E-state index in [0.717, 1.165) is 36.1 Å². The summed E-state index contributed by atoms with van der Waals surface area (Å²) in [6, 6.07) is 10.7. The van der Waals surface area contributed by atoms with Crippen LogP contribution in [0.2, 0.25) is 0 Å². The highest BCUT2D eigenvalue weighted by atomic mass is 19.4. The fraction of sp³-hybridized carbons (Fsp3) is 0.500. The van der Waals surface area contributed by atoms with Gasteiger partial charge in [-0.3, -0.25) is 4.79 Å². The summed E-state index contributed by atoms with van der Waals surface area (Å²) in [4.78, 5) is 15.1. The molecular weight excluding hydrogens is 519 g/mol. The minimum Gasteiger partial charge on any atom is -0.381 e. The van der Waals surface area contributed by atoms with Crippen LogP contribution in [0.15, 0.2) is 42.7 Å². The highest BCUT2D eigenvalue weighted by Gasteiger charge is 2.42. The molecule has 4 atom stereocenters. The number of ether oxygens (including phenoxy) is 1. The topological polar surface area (TPSA) is 72.3 Å². The van der Waals surface area contributed by atoms with Gasteiger partial charge < -0.3 is 19.5 Å². The lowest BCUT2D eigenvalue weighted by atomic mass is 9.77. The van der Waals surface area contributed by atoms with Crippen LogP contribution in [0, 0.1) is 17.8 Å². The second-order valence-corrected chi connectivity index (χ2v) is 11.9. The van der Waals surface area contributed by atoms with Gasteiger partial charge in [0, 0.05) is 36.8 Å². The Balaban J connectivity index is 1.17. The van der Waals surface area contributed by atoms with E-state index in [-0.39, 0.29) is 29.5 Å². The van der Waals surface area contributed by atoms with Gasteiger partial charge in [0.2, 0.25) is 0 Å². The normalized spacial score (nSPS) is 24.9. The predicted molar refractivity (Wildman–Crippen MR) is 142 cm³/mol. The van der Waals surface area contributed by atoms with Crippen molar-refractivity contribution in [3.8, 4) is 0 Å². The average molecular weight is 552 g/mol. The van der Waals surface area contributed by atoms with Gasteiger partial charge in [0.25, 0.3) is 5.91 Å². The van der Waals surface area contributed by atoms with Crippen LogP contribution in [0.4, 0.5) is 18.9 Å². The van der Waals surface area contributed by atoms with E-state index in [1.54, 1.807) is 18.5 Å². The molecule has 1 unspecified atom stereocenters. The lowest BCUT2D eigenvalue weighted by Crippen LogP contribution is -2.35. The zero-order valence-electron chi connectivity index (χ0n) is 22.3. The van der Waals surface area contributed by atoms with Gasteiger partial charge in [-0.05, 0) is 78.5 Å². The van der Waals surface area contributed by atoms with Gasteiger partial charge in [0.05, 0.1) is 31.2 Å². The van der Waals surface area contributed by atoms with Crippen molar-refractivity contribution < 1.29 is 22.7 Å². The van der Waals surface area contributed by atoms with Gasteiger partial charge in [-0.1, -0.05) is 12.1 Å². The van der Waals surface area contributed by atoms with E-state index in [1.165, 1.54) is 23.8 Å². The van der Waals surface area contributed by atoms with Crippen molar-refractivity contribution in [3.63, 3.8) is 0 Å². The number of nitrogens with zero attached hydrogens (tertiary/aromatic N) is 4. The van der Waals surface area contributed by atoms with Crippen LogP contribution in [0.1, 0.15) is 70.0 Å². The number of hydrogen-bond donors (Lipinski definition) is 1. The number of nitrogens with one attached hydrogen (secondary N) is 1. The van der Waals surface area contributed by atoms with E-state index in [1.807, 2.05) is 29.8 Å². The Hall–Kier alpha value is -3.24. The van der Waals surface area contributed by atoms with Crippen molar-refractivity contribution in [2.24, 2.45) is 24.8 Å². The van der Waals surface area contributed by atoms with Crippen LogP contribution < -0.4 is 10.2 Å². The summed E-state index contributed by atoms with van der Waals surface area (Å²) < 4.78 is 50.1. The number of fused-ring (bicyclic) bond motifs is 2. The first-order valence-electron chi connectivity index (χ1n) is 14.1. The third-order valence-corrected chi connectivity index (χ3v) is 9.45. The number of alkyl halides is 3. The summed E-state index contributed by atoms with van der Waals surface area (Å²) in [6.45, 7) is 1.38. The summed E-state index contributed by atoms with van der Waals surface area (Å²) in [5.74, 6) is 2.01. The number of carbonyl (C=O) groups is 1. The van der Waals surface area contributed by atoms with E-state index >= 15 is 0 Å². The molecule has 2 aliphatic carbocycles. The molecule has 3 heterocycles. The number of benzene rings is 2. The monoisotopic (exact) mass is 551 g/mol. The Kier molecular flexibility index (Phi) is 6.23. The smallest absolute Gasteiger partial charge is 0.381 e. The summed E-state index contributed by atoms with van der Waals surface area (Å²) in [5.41, 5.74) is 1.46. The summed E-state index contributed by atoms with van der Waals surface area (Å²) >= 11 is 0. The largest absolute Gasteiger partial charge is 0.416 e. The van der Waals surface area contributed by atoms with Crippen molar-refractivity contribution in [1.29, 1.82) is 0 Å².